The Morgan fingerprint density at radius 2 is 2.31 bits per heavy atom. The highest BCUT2D eigenvalue weighted by Gasteiger charge is 2.41. The Morgan fingerprint density at radius 1 is 1.44 bits per heavy atom. The molecule has 88 valence electrons. The van der Waals surface area contributed by atoms with E-state index in [-0.39, 0.29) is 0 Å². The van der Waals surface area contributed by atoms with Crippen molar-refractivity contribution < 1.29 is 4.74 Å². The Hall–Kier alpha value is -0.680. The first-order valence-electron chi connectivity index (χ1n) is 5.98. The Kier molecular flexibility index (Phi) is 2.59. The number of nitrogens with zero attached hydrogens (tertiary/aromatic N) is 2. The standard InChI is InChI=1S/C11H17N3OS/c1-6(2)10-13-11(16-14-10)12-8-5-7-3-4-9(8)15-7/h6-9H,3-5H2,1-2H3,(H,12,13,14)/t7-,8+,9-/m1/s1. The van der Waals surface area contributed by atoms with Crippen LogP contribution in [0.3, 0.4) is 0 Å². The topological polar surface area (TPSA) is 47.0 Å². The van der Waals surface area contributed by atoms with Crippen LogP contribution in [-0.2, 0) is 4.74 Å². The Bertz CT molecular complexity index is 379. The zero-order valence-corrected chi connectivity index (χ0v) is 10.5. The number of fused-ring (bicyclic) bond motifs is 2. The van der Waals surface area contributed by atoms with Crippen molar-refractivity contribution in [3.05, 3.63) is 5.82 Å². The normalized spacial score (nSPS) is 32.6. The first-order chi connectivity index (χ1) is 7.72. The molecular weight excluding hydrogens is 222 g/mol. The van der Waals surface area contributed by atoms with Crippen LogP contribution in [-0.4, -0.2) is 27.6 Å². The second-order valence-electron chi connectivity index (χ2n) is 4.97. The highest BCUT2D eigenvalue weighted by Crippen LogP contribution is 2.36. The molecule has 2 bridgehead atoms. The van der Waals surface area contributed by atoms with Crippen molar-refractivity contribution in [1.29, 1.82) is 0 Å². The molecule has 2 fully saturated rings. The van der Waals surface area contributed by atoms with Crippen LogP contribution in [0, 0.1) is 0 Å². The Balaban J connectivity index is 1.65. The third-order valence-electron chi connectivity index (χ3n) is 3.37. The minimum Gasteiger partial charge on any atom is -0.373 e. The number of rotatable bonds is 3. The van der Waals surface area contributed by atoms with E-state index in [1.165, 1.54) is 24.4 Å². The fourth-order valence-corrected chi connectivity index (χ4v) is 3.25. The van der Waals surface area contributed by atoms with Crippen molar-refractivity contribution >= 4 is 16.7 Å². The molecule has 16 heavy (non-hydrogen) atoms. The maximum absolute atomic E-state index is 5.81. The van der Waals surface area contributed by atoms with Gasteiger partial charge in [0.2, 0.25) is 5.13 Å². The van der Waals surface area contributed by atoms with Gasteiger partial charge in [0.05, 0.1) is 18.2 Å². The summed E-state index contributed by atoms with van der Waals surface area (Å²) in [5.41, 5.74) is 0. The lowest BCUT2D eigenvalue weighted by Gasteiger charge is -2.18. The molecule has 2 aliphatic rings. The van der Waals surface area contributed by atoms with Crippen LogP contribution in [0.1, 0.15) is 44.9 Å². The monoisotopic (exact) mass is 239 g/mol. The fourth-order valence-electron chi connectivity index (χ4n) is 2.48. The molecule has 1 N–H and O–H groups in total. The molecule has 2 saturated heterocycles. The molecule has 0 amide bonds. The molecule has 3 atom stereocenters. The average molecular weight is 239 g/mol. The predicted octanol–water partition coefficient (Wildman–Crippen LogP) is 2.39. The van der Waals surface area contributed by atoms with E-state index in [9.17, 15) is 0 Å². The van der Waals surface area contributed by atoms with Crippen molar-refractivity contribution in [2.24, 2.45) is 0 Å². The Morgan fingerprint density at radius 3 is 2.88 bits per heavy atom. The summed E-state index contributed by atoms with van der Waals surface area (Å²) in [4.78, 5) is 4.50. The Labute approximate surface area is 99.6 Å². The molecule has 1 aromatic heterocycles. The lowest BCUT2D eigenvalue weighted by atomic mass is 9.96. The van der Waals surface area contributed by atoms with Gasteiger partial charge in [0.15, 0.2) is 0 Å². The minimum absolute atomic E-state index is 0.399. The highest BCUT2D eigenvalue weighted by molar-refractivity contribution is 7.09. The molecule has 0 saturated carbocycles. The van der Waals surface area contributed by atoms with E-state index < -0.39 is 0 Å². The summed E-state index contributed by atoms with van der Waals surface area (Å²) >= 11 is 1.46. The smallest absolute Gasteiger partial charge is 0.202 e. The average Bonchev–Trinajstić information content (AvgIpc) is 2.91. The van der Waals surface area contributed by atoms with Gasteiger partial charge in [-0.25, -0.2) is 4.98 Å². The number of ether oxygens (including phenoxy) is 1. The SMILES string of the molecule is CC(C)c1nsc(N[C@H]2C[C@H]3CC[C@H]2O3)n1. The van der Waals surface area contributed by atoms with Gasteiger partial charge >= 0.3 is 0 Å². The second kappa shape index (κ2) is 3.96. The molecule has 3 rings (SSSR count). The van der Waals surface area contributed by atoms with Crippen LogP contribution in [0.5, 0.6) is 0 Å². The van der Waals surface area contributed by atoms with E-state index in [0.717, 1.165) is 17.4 Å². The molecular formula is C11H17N3OS. The van der Waals surface area contributed by atoms with E-state index in [0.29, 0.717) is 24.2 Å². The molecule has 1 aromatic rings. The largest absolute Gasteiger partial charge is 0.373 e. The summed E-state index contributed by atoms with van der Waals surface area (Å²) in [5, 5.41) is 4.42. The van der Waals surface area contributed by atoms with E-state index in [2.05, 4.69) is 28.5 Å². The van der Waals surface area contributed by atoms with E-state index in [1.54, 1.807) is 0 Å². The molecule has 5 heteroatoms. The van der Waals surface area contributed by atoms with Crippen LogP contribution in [0.2, 0.25) is 0 Å². The van der Waals surface area contributed by atoms with Gasteiger partial charge in [-0.3, -0.25) is 0 Å². The zero-order valence-electron chi connectivity index (χ0n) is 9.64. The number of hydrogen-bond donors (Lipinski definition) is 1. The molecule has 4 nitrogen and oxygen atoms in total. The lowest BCUT2D eigenvalue weighted by molar-refractivity contribution is 0.102. The van der Waals surface area contributed by atoms with E-state index in [1.807, 2.05) is 0 Å². The second-order valence-corrected chi connectivity index (χ2v) is 5.72. The van der Waals surface area contributed by atoms with Gasteiger partial charge in [0, 0.05) is 17.5 Å². The first kappa shape index (κ1) is 10.5. The van der Waals surface area contributed by atoms with Gasteiger partial charge in [-0.05, 0) is 19.3 Å². The van der Waals surface area contributed by atoms with Crippen molar-refractivity contribution in [2.75, 3.05) is 5.32 Å². The minimum atomic E-state index is 0.399. The van der Waals surface area contributed by atoms with Crippen molar-refractivity contribution in [3.8, 4) is 0 Å². The number of nitrogens with one attached hydrogen (secondary N) is 1. The summed E-state index contributed by atoms with van der Waals surface area (Å²) in [6.45, 7) is 4.24. The van der Waals surface area contributed by atoms with Crippen molar-refractivity contribution in [3.63, 3.8) is 0 Å². The number of hydrogen-bond acceptors (Lipinski definition) is 5. The molecule has 3 heterocycles. The summed E-state index contributed by atoms with van der Waals surface area (Å²) in [6, 6.07) is 0.451. The molecule has 0 unspecified atom stereocenters. The highest BCUT2D eigenvalue weighted by atomic mass is 32.1. The van der Waals surface area contributed by atoms with Crippen LogP contribution in [0.25, 0.3) is 0 Å². The van der Waals surface area contributed by atoms with Gasteiger partial charge in [-0.15, -0.1) is 0 Å². The zero-order chi connectivity index (χ0) is 11.1. The summed E-state index contributed by atoms with van der Waals surface area (Å²) in [6.07, 6.45) is 4.44. The van der Waals surface area contributed by atoms with Crippen LogP contribution < -0.4 is 5.32 Å². The maximum atomic E-state index is 5.81. The third-order valence-corrected chi connectivity index (χ3v) is 4.03. The summed E-state index contributed by atoms with van der Waals surface area (Å²) in [7, 11) is 0. The summed E-state index contributed by atoms with van der Waals surface area (Å²) < 4.78 is 10.2. The van der Waals surface area contributed by atoms with Gasteiger partial charge in [0.25, 0.3) is 0 Å². The molecule has 2 aliphatic heterocycles. The van der Waals surface area contributed by atoms with Crippen LogP contribution in [0.4, 0.5) is 5.13 Å². The molecule has 0 radical (unpaired) electrons. The van der Waals surface area contributed by atoms with Gasteiger partial charge in [-0.1, -0.05) is 13.8 Å². The predicted molar refractivity (Wildman–Crippen MR) is 63.9 cm³/mol. The van der Waals surface area contributed by atoms with Crippen LogP contribution in [0.15, 0.2) is 0 Å². The van der Waals surface area contributed by atoms with Gasteiger partial charge in [0.1, 0.15) is 5.82 Å². The van der Waals surface area contributed by atoms with E-state index in [4.69, 9.17) is 4.74 Å². The van der Waals surface area contributed by atoms with E-state index >= 15 is 0 Å². The molecule has 0 aliphatic carbocycles. The maximum Gasteiger partial charge on any atom is 0.202 e. The summed E-state index contributed by atoms with van der Waals surface area (Å²) in [5.74, 6) is 1.35. The van der Waals surface area contributed by atoms with Crippen molar-refractivity contribution in [1.82, 2.24) is 9.36 Å². The third kappa shape index (κ3) is 1.82. The lowest BCUT2D eigenvalue weighted by Crippen LogP contribution is -2.30. The quantitative estimate of drug-likeness (QED) is 0.880. The first-order valence-corrected chi connectivity index (χ1v) is 6.75. The fraction of sp³-hybridized carbons (Fsp3) is 0.818. The van der Waals surface area contributed by atoms with Gasteiger partial charge < -0.3 is 10.1 Å². The van der Waals surface area contributed by atoms with Crippen LogP contribution >= 0.6 is 11.5 Å². The number of aromatic nitrogens is 2. The molecule has 0 spiro atoms. The molecule has 0 aromatic carbocycles. The van der Waals surface area contributed by atoms with Gasteiger partial charge in [-0.2, -0.15) is 4.37 Å². The number of anilines is 1. The van der Waals surface area contributed by atoms with Crippen molar-refractivity contribution in [2.45, 2.75) is 57.3 Å².